The maximum Gasteiger partial charge on any atom is 0.410 e. The van der Waals surface area contributed by atoms with Gasteiger partial charge in [-0.25, -0.2) is 4.79 Å². The number of piperazine rings is 1. The summed E-state index contributed by atoms with van der Waals surface area (Å²) in [5, 5.41) is 0. The number of amides is 2. The predicted molar refractivity (Wildman–Crippen MR) is 96.7 cm³/mol. The normalized spacial score (nSPS) is 15.6. The van der Waals surface area contributed by atoms with Crippen molar-refractivity contribution in [1.29, 1.82) is 0 Å². The largest absolute Gasteiger partial charge is 0.454 e. The van der Waals surface area contributed by atoms with Gasteiger partial charge in [0, 0.05) is 31.7 Å². The monoisotopic (exact) mass is 368 g/mol. The van der Waals surface area contributed by atoms with Gasteiger partial charge in [0.15, 0.2) is 11.5 Å². The molecule has 0 atom stereocenters. The van der Waals surface area contributed by atoms with Gasteiger partial charge in [-0.1, -0.05) is 30.3 Å². The van der Waals surface area contributed by atoms with Gasteiger partial charge in [-0.05, 0) is 23.8 Å². The smallest absolute Gasteiger partial charge is 0.410 e. The summed E-state index contributed by atoms with van der Waals surface area (Å²) in [4.78, 5) is 28.3. The minimum Gasteiger partial charge on any atom is -0.454 e. The van der Waals surface area contributed by atoms with Gasteiger partial charge in [-0.15, -0.1) is 0 Å². The van der Waals surface area contributed by atoms with E-state index in [0.717, 1.165) is 5.56 Å². The Labute approximate surface area is 157 Å². The molecule has 0 radical (unpaired) electrons. The zero-order chi connectivity index (χ0) is 18.6. The lowest BCUT2D eigenvalue weighted by molar-refractivity contribution is 0.0543. The molecule has 0 saturated carbocycles. The van der Waals surface area contributed by atoms with E-state index in [0.29, 0.717) is 43.2 Å². The van der Waals surface area contributed by atoms with E-state index in [-0.39, 0.29) is 25.4 Å². The van der Waals surface area contributed by atoms with E-state index in [2.05, 4.69) is 0 Å². The molecule has 1 fully saturated rings. The Morgan fingerprint density at radius 3 is 2.37 bits per heavy atom. The molecule has 2 aliphatic heterocycles. The van der Waals surface area contributed by atoms with E-state index >= 15 is 0 Å². The van der Waals surface area contributed by atoms with Crippen molar-refractivity contribution < 1.29 is 23.8 Å². The number of ether oxygens (including phenoxy) is 3. The van der Waals surface area contributed by atoms with E-state index < -0.39 is 0 Å². The summed E-state index contributed by atoms with van der Waals surface area (Å²) in [6.45, 7) is 2.25. The molecule has 4 rings (SSSR count). The zero-order valence-electron chi connectivity index (χ0n) is 14.8. The van der Waals surface area contributed by atoms with Crippen LogP contribution < -0.4 is 9.47 Å². The molecule has 0 aliphatic carbocycles. The van der Waals surface area contributed by atoms with Crippen molar-refractivity contribution in [3.63, 3.8) is 0 Å². The summed E-state index contributed by atoms with van der Waals surface area (Å²) in [5.41, 5.74) is 1.50. The molecule has 0 spiro atoms. The molecule has 2 amide bonds. The first kappa shape index (κ1) is 17.2. The zero-order valence-corrected chi connectivity index (χ0v) is 14.8. The Morgan fingerprint density at radius 2 is 1.59 bits per heavy atom. The molecule has 2 aromatic carbocycles. The predicted octanol–water partition coefficient (Wildman–Crippen LogP) is 2.51. The van der Waals surface area contributed by atoms with Gasteiger partial charge >= 0.3 is 6.09 Å². The van der Waals surface area contributed by atoms with Gasteiger partial charge in [0.2, 0.25) is 6.79 Å². The maximum atomic E-state index is 12.7. The van der Waals surface area contributed by atoms with Crippen molar-refractivity contribution in [1.82, 2.24) is 9.80 Å². The van der Waals surface area contributed by atoms with E-state index in [9.17, 15) is 9.59 Å². The molecule has 0 aromatic heterocycles. The Morgan fingerprint density at radius 1 is 0.889 bits per heavy atom. The van der Waals surface area contributed by atoms with Crippen molar-refractivity contribution >= 4 is 12.0 Å². The molecule has 1 saturated heterocycles. The number of hydrogen-bond acceptors (Lipinski definition) is 5. The molecule has 0 bridgehead atoms. The Kier molecular flexibility index (Phi) is 4.82. The second kappa shape index (κ2) is 7.57. The third kappa shape index (κ3) is 3.81. The highest BCUT2D eigenvalue weighted by Crippen LogP contribution is 2.32. The van der Waals surface area contributed by atoms with Gasteiger partial charge in [-0.3, -0.25) is 4.79 Å². The minimum atomic E-state index is -0.353. The van der Waals surface area contributed by atoms with Crippen LogP contribution in [0.5, 0.6) is 11.5 Å². The van der Waals surface area contributed by atoms with Crippen LogP contribution in [0.25, 0.3) is 0 Å². The summed E-state index contributed by atoms with van der Waals surface area (Å²) >= 11 is 0. The Balaban J connectivity index is 1.29. The fraction of sp³-hybridized carbons (Fsp3) is 0.300. The van der Waals surface area contributed by atoms with E-state index in [1.807, 2.05) is 30.3 Å². The lowest BCUT2D eigenvalue weighted by Gasteiger charge is -2.34. The average molecular weight is 368 g/mol. The van der Waals surface area contributed by atoms with Crippen LogP contribution in [-0.2, 0) is 11.3 Å². The van der Waals surface area contributed by atoms with Gasteiger partial charge < -0.3 is 24.0 Å². The molecule has 0 unspecified atom stereocenters. The number of fused-ring (bicyclic) bond motifs is 1. The van der Waals surface area contributed by atoms with Gasteiger partial charge in [0.25, 0.3) is 5.91 Å². The fourth-order valence-electron chi connectivity index (χ4n) is 3.11. The standard InChI is InChI=1S/C20H20N2O5/c23-19(16-6-7-17-18(12-16)27-14-26-17)21-8-10-22(11-9-21)20(24)25-13-15-4-2-1-3-5-15/h1-7,12H,8-11,13-14H2. The first-order valence-electron chi connectivity index (χ1n) is 8.85. The molecular formula is C20H20N2O5. The first-order valence-corrected chi connectivity index (χ1v) is 8.85. The Bertz CT molecular complexity index is 832. The third-order valence-corrected chi connectivity index (χ3v) is 4.65. The highest BCUT2D eigenvalue weighted by molar-refractivity contribution is 5.95. The van der Waals surface area contributed by atoms with Crippen molar-refractivity contribution in [2.24, 2.45) is 0 Å². The quantitative estimate of drug-likeness (QED) is 0.833. The maximum absolute atomic E-state index is 12.7. The van der Waals surface area contributed by atoms with E-state index in [1.54, 1.807) is 28.0 Å². The number of rotatable bonds is 3. The number of hydrogen-bond donors (Lipinski definition) is 0. The molecule has 0 N–H and O–H groups in total. The summed E-state index contributed by atoms with van der Waals surface area (Å²) in [6, 6.07) is 14.7. The number of carbonyl (C=O) groups excluding carboxylic acids is 2. The van der Waals surface area contributed by atoms with Gasteiger partial charge in [0.1, 0.15) is 6.61 Å². The van der Waals surface area contributed by atoms with Crippen LogP contribution >= 0.6 is 0 Å². The second-order valence-electron chi connectivity index (χ2n) is 6.39. The number of carbonyl (C=O) groups is 2. The topological polar surface area (TPSA) is 68.3 Å². The minimum absolute atomic E-state index is 0.0781. The van der Waals surface area contributed by atoms with Crippen molar-refractivity contribution in [2.75, 3.05) is 33.0 Å². The van der Waals surface area contributed by atoms with Crippen molar-refractivity contribution in [3.8, 4) is 11.5 Å². The number of benzene rings is 2. The average Bonchev–Trinajstić information content (AvgIpc) is 3.20. The van der Waals surface area contributed by atoms with Crippen LogP contribution in [0.2, 0.25) is 0 Å². The van der Waals surface area contributed by atoms with Crippen molar-refractivity contribution in [3.05, 3.63) is 59.7 Å². The lowest BCUT2D eigenvalue weighted by atomic mass is 10.1. The van der Waals surface area contributed by atoms with Crippen LogP contribution in [0.4, 0.5) is 4.79 Å². The highest BCUT2D eigenvalue weighted by Gasteiger charge is 2.26. The van der Waals surface area contributed by atoms with Gasteiger partial charge in [-0.2, -0.15) is 0 Å². The molecule has 140 valence electrons. The molecule has 2 aromatic rings. The van der Waals surface area contributed by atoms with Crippen LogP contribution in [0.3, 0.4) is 0 Å². The summed E-state index contributed by atoms with van der Waals surface area (Å²) in [7, 11) is 0. The number of nitrogens with zero attached hydrogens (tertiary/aromatic N) is 2. The SMILES string of the molecule is O=C(OCc1ccccc1)N1CCN(C(=O)c2ccc3c(c2)OCO3)CC1. The van der Waals surface area contributed by atoms with E-state index in [1.165, 1.54) is 0 Å². The first-order chi connectivity index (χ1) is 13.2. The summed E-state index contributed by atoms with van der Waals surface area (Å²) < 4.78 is 15.9. The third-order valence-electron chi connectivity index (χ3n) is 4.65. The van der Waals surface area contributed by atoms with E-state index in [4.69, 9.17) is 14.2 Å². The molecule has 2 aliphatic rings. The van der Waals surface area contributed by atoms with Crippen LogP contribution in [0, 0.1) is 0 Å². The Hall–Kier alpha value is -3.22. The molecule has 2 heterocycles. The lowest BCUT2D eigenvalue weighted by Crippen LogP contribution is -2.50. The van der Waals surface area contributed by atoms with Crippen molar-refractivity contribution in [2.45, 2.75) is 6.61 Å². The molecule has 7 nitrogen and oxygen atoms in total. The summed E-state index contributed by atoms with van der Waals surface area (Å²) in [5.74, 6) is 1.16. The molecule has 27 heavy (non-hydrogen) atoms. The fourth-order valence-corrected chi connectivity index (χ4v) is 3.11. The summed E-state index contributed by atoms with van der Waals surface area (Å²) in [6.07, 6.45) is -0.353. The van der Waals surface area contributed by atoms with Crippen LogP contribution in [-0.4, -0.2) is 54.8 Å². The van der Waals surface area contributed by atoms with Crippen LogP contribution in [0.15, 0.2) is 48.5 Å². The molecule has 7 heteroatoms. The van der Waals surface area contributed by atoms with Crippen LogP contribution in [0.1, 0.15) is 15.9 Å². The molecular weight excluding hydrogens is 348 g/mol. The highest BCUT2D eigenvalue weighted by atomic mass is 16.7. The second-order valence-corrected chi connectivity index (χ2v) is 6.39. The van der Waals surface area contributed by atoms with Gasteiger partial charge in [0.05, 0.1) is 0 Å².